The summed E-state index contributed by atoms with van der Waals surface area (Å²) in [5.74, 6) is 0. The van der Waals surface area contributed by atoms with E-state index in [4.69, 9.17) is 0 Å². The topological polar surface area (TPSA) is 28.7 Å². The van der Waals surface area contributed by atoms with Crippen LogP contribution in [0.3, 0.4) is 0 Å². The SMILES string of the molecule is Brc1nc(-c2c[nH]c3ccccc23)cs1. The molecule has 2 nitrogen and oxygen atoms in total. The maximum atomic E-state index is 4.42. The highest BCUT2D eigenvalue weighted by Crippen LogP contribution is 2.30. The molecule has 1 N–H and O–H groups in total. The van der Waals surface area contributed by atoms with Crippen LogP contribution in [0.2, 0.25) is 0 Å². The Hall–Kier alpha value is -1.13. The van der Waals surface area contributed by atoms with Crippen molar-refractivity contribution in [1.82, 2.24) is 9.97 Å². The number of rotatable bonds is 1. The minimum atomic E-state index is 0.919. The number of thiazole rings is 1. The Bertz CT molecular complexity index is 612. The van der Waals surface area contributed by atoms with Crippen molar-refractivity contribution in [2.45, 2.75) is 0 Å². The summed E-state index contributed by atoms with van der Waals surface area (Å²) in [6.07, 6.45) is 2.01. The third-order valence-electron chi connectivity index (χ3n) is 2.34. The molecule has 0 spiro atoms. The van der Waals surface area contributed by atoms with Crippen LogP contribution in [0, 0.1) is 0 Å². The van der Waals surface area contributed by atoms with Gasteiger partial charge in [-0.05, 0) is 22.0 Å². The van der Waals surface area contributed by atoms with Crippen LogP contribution in [0.4, 0.5) is 0 Å². The summed E-state index contributed by atoms with van der Waals surface area (Å²) in [4.78, 5) is 7.66. The number of hydrogen-bond donors (Lipinski definition) is 1. The van der Waals surface area contributed by atoms with E-state index in [1.54, 1.807) is 11.3 Å². The Morgan fingerprint density at radius 1 is 1.27 bits per heavy atom. The van der Waals surface area contributed by atoms with E-state index in [9.17, 15) is 0 Å². The number of nitrogens with zero attached hydrogens (tertiary/aromatic N) is 1. The fourth-order valence-corrected chi connectivity index (χ4v) is 2.67. The molecular formula is C11H7BrN2S. The molecule has 0 aliphatic heterocycles. The van der Waals surface area contributed by atoms with Crippen LogP contribution < -0.4 is 0 Å². The Morgan fingerprint density at radius 3 is 2.93 bits per heavy atom. The van der Waals surface area contributed by atoms with Gasteiger partial charge < -0.3 is 4.98 Å². The number of halogens is 1. The molecular weight excluding hydrogens is 272 g/mol. The van der Waals surface area contributed by atoms with Crippen molar-refractivity contribution in [3.05, 3.63) is 39.8 Å². The zero-order valence-electron chi connectivity index (χ0n) is 7.70. The van der Waals surface area contributed by atoms with Gasteiger partial charge in [0.2, 0.25) is 0 Å². The van der Waals surface area contributed by atoms with E-state index in [1.807, 2.05) is 18.3 Å². The zero-order valence-corrected chi connectivity index (χ0v) is 10.1. The molecule has 0 amide bonds. The van der Waals surface area contributed by atoms with Crippen LogP contribution in [-0.2, 0) is 0 Å². The molecule has 2 heterocycles. The van der Waals surface area contributed by atoms with Crippen LogP contribution in [0.15, 0.2) is 39.8 Å². The number of hydrogen-bond acceptors (Lipinski definition) is 2. The van der Waals surface area contributed by atoms with Crippen molar-refractivity contribution in [1.29, 1.82) is 0 Å². The van der Waals surface area contributed by atoms with Crippen molar-refractivity contribution in [3.63, 3.8) is 0 Å². The van der Waals surface area contributed by atoms with Crippen LogP contribution in [0.25, 0.3) is 22.2 Å². The molecule has 0 aliphatic carbocycles. The highest BCUT2D eigenvalue weighted by molar-refractivity contribution is 9.11. The fraction of sp³-hybridized carbons (Fsp3) is 0. The summed E-state index contributed by atoms with van der Waals surface area (Å²) in [6, 6.07) is 8.25. The van der Waals surface area contributed by atoms with Crippen molar-refractivity contribution in [3.8, 4) is 11.3 Å². The summed E-state index contributed by atoms with van der Waals surface area (Å²) in [6.45, 7) is 0. The molecule has 0 unspecified atom stereocenters. The first-order chi connectivity index (χ1) is 7.34. The van der Waals surface area contributed by atoms with E-state index < -0.39 is 0 Å². The van der Waals surface area contributed by atoms with Crippen molar-refractivity contribution in [2.24, 2.45) is 0 Å². The minimum absolute atomic E-state index is 0.919. The quantitative estimate of drug-likeness (QED) is 0.715. The fourth-order valence-electron chi connectivity index (χ4n) is 1.66. The Morgan fingerprint density at radius 2 is 2.13 bits per heavy atom. The van der Waals surface area contributed by atoms with Gasteiger partial charge in [-0.15, -0.1) is 11.3 Å². The van der Waals surface area contributed by atoms with E-state index in [2.05, 4.69) is 43.4 Å². The Kier molecular flexibility index (Phi) is 2.11. The second kappa shape index (κ2) is 3.47. The molecule has 3 rings (SSSR count). The number of aromatic amines is 1. The van der Waals surface area contributed by atoms with Gasteiger partial charge in [-0.2, -0.15) is 0 Å². The number of benzene rings is 1. The van der Waals surface area contributed by atoms with Gasteiger partial charge in [0.15, 0.2) is 3.92 Å². The van der Waals surface area contributed by atoms with Crippen molar-refractivity contribution < 1.29 is 0 Å². The zero-order chi connectivity index (χ0) is 10.3. The van der Waals surface area contributed by atoms with E-state index >= 15 is 0 Å². The lowest BCUT2D eigenvalue weighted by atomic mass is 10.1. The van der Waals surface area contributed by atoms with Crippen molar-refractivity contribution in [2.75, 3.05) is 0 Å². The normalized spacial score (nSPS) is 11.0. The molecule has 2 aromatic heterocycles. The highest BCUT2D eigenvalue weighted by Gasteiger charge is 2.07. The predicted molar refractivity (Wildman–Crippen MR) is 67.1 cm³/mol. The van der Waals surface area contributed by atoms with Gasteiger partial charge >= 0.3 is 0 Å². The monoisotopic (exact) mass is 278 g/mol. The number of aromatic nitrogens is 2. The number of para-hydroxylation sites is 1. The molecule has 1 aromatic carbocycles. The maximum Gasteiger partial charge on any atom is 0.159 e. The third-order valence-corrected chi connectivity index (χ3v) is 3.71. The third kappa shape index (κ3) is 1.50. The molecule has 15 heavy (non-hydrogen) atoms. The molecule has 0 saturated heterocycles. The number of nitrogens with one attached hydrogen (secondary N) is 1. The predicted octanol–water partition coefficient (Wildman–Crippen LogP) is 4.05. The lowest BCUT2D eigenvalue weighted by molar-refractivity contribution is 1.37. The van der Waals surface area contributed by atoms with Crippen LogP contribution in [0.1, 0.15) is 0 Å². The molecule has 74 valence electrons. The summed E-state index contributed by atoms with van der Waals surface area (Å²) in [7, 11) is 0. The molecule has 0 bridgehead atoms. The van der Waals surface area contributed by atoms with Gasteiger partial charge in [0.1, 0.15) is 0 Å². The van der Waals surface area contributed by atoms with Gasteiger partial charge in [0.25, 0.3) is 0 Å². The number of H-pyrrole nitrogens is 1. The van der Waals surface area contributed by atoms with E-state index in [0.29, 0.717) is 0 Å². The Balaban J connectivity index is 2.27. The standard InChI is InChI=1S/C11H7BrN2S/c12-11-14-10(6-15-11)8-5-13-9-4-2-1-3-7(8)9/h1-6,13H. The first-order valence-corrected chi connectivity index (χ1v) is 6.19. The average molecular weight is 279 g/mol. The molecule has 0 saturated carbocycles. The highest BCUT2D eigenvalue weighted by atomic mass is 79.9. The van der Waals surface area contributed by atoms with Gasteiger partial charge in [-0.3, -0.25) is 0 Å². The van der Waals surface area contributed by atoms with Crippen LogP contribution in [-0.4, -0.2) is 9.97 Å². The lowest BCUT2D eigenvalue weighted by Gasteiger charge is -1.92. The molecule has 0 fully saturated rings. The maximum absolute atomic E-state index is 4.42. The summed E-state index contributed by atoms with van der Waals surface area (Å²) in [5.41, 5.74) is 3.33. The lowest BCUT2D eigenvalue weighted by Crippen LogP contribution is -1.73. The van der Waals surface area contributed by atoms with Crippen molar-refractivity contribution >= 4 is 38.2 Å². The molecule has 0 radical (unpaired) electrons. The van der Waals surface area contributed by atoms with E-state index in [0.717, 1.165) is 20.7 Å². The first-order valence-electron chi connectivity index (χ1n) is 4.52. The summed E-state index contributed by atoms with van der Waals surface area (Å²) in [5, 5.41) is 3.27. The average Bonchev–Trinajstić information content (AvgIpc) is 2.83. The number of fused-ring (bicyclic) bond motifs is 1. The smallest absolute Gasteiger partial charge is 0.159 e. The molecule has 4 heteroatoms. The van der Waals surface area contributed by atoms with Gasteiger partial charge in [0.05, 0.1) is 5.69 Å². The summed E-state index contributed by atoms with van der Waals surface area (Å²) >= 11 is 4.98. The van der Waals surface area contributed by atoms with Crippen LogP contribution in [0.5, 0.6) is 0 Å². The molecule has 0 aliphatic rings. The Labute approximate surface area is 99.1 Å². The van der Waals surface area contributed by atoms with Gasteiger partial charge in [-0.1, -0.05) is 18.2 Å². The molecule has 0 atom stereocenters. The molecule has 3 aromatic rings. The van der Waals surface area contributed by atoms with E-state index in [1.165, 1.54) is 5.39 Å². The van der Waals surface area contributed by atoms with E-state index in [-0.39, 0.29) is 0 Å². The minimum Gasteiger partial charge on any atom is -0.360 e. The second-order valence-corrected chi connectivity index (χ2v) is 5.37. The largest absolute Gasteiger partial charge is 0.360 e. The second-order valence-electron chi connectivity index (χ2n) is 3.23. The first kappa shape index (κ1) is 9.12. The van der Waals surface area contributed by atoms with Gasteiger partial charge in [0, 0.05) is 28.0 Å². The summed E-state index contributed by atoms with van der Waals surface area (Å²) < 4.78 is 0.919. The van der Waals surface area contributed by atoms with Crippen LogP contribution >= 0.6 is 27.3 Å². The van der Waals surface area contributed by atoms with Gasteiger partial charge in [-0.25, -0.2) is 4.98 Å².